The van der Waals surface area contributed by atoms with Gasteiger partial charge in [0.15, 0.2) is 0 Å². The highest BCUT2D eigenvalue weighted by Gasteiger charge is 2.52. The number of rotatable bonds is 1. The van der Waals surface area contributed by atoms with Crippen molar-refractivity contribution >= 4 is 17.5 Å². The predicted molar refractivity (Wildman–Crippen MR) is 77.3 cm³/mol. The van der Waals surface area contributed by atoms with Gasteiger partial charge in [0.2, 0.25) is 11.8 Å². The fourth-order valence-corrected chi connectivity index (χ4v) is 3.81. The number of allylic oxidation sites excluding steroid dienone is 1. The lowest BCUT2D eigenvalue weighted by atomic mass is 9.71. The van der Waals surface area contributed by atoms with Crippen molar-refractivity contribution in [3.8, 4) is 0 Å². The molecule has 3 atom stereocenters. The van der Waals surface area contributed by atoms with Gasteiger partial charge < -0.3 is 4.74 Å². The first kappa shape index (κ1) is 12.6. The molecule has 1 aromatic carbocycles. The second kappa shape index (κ2) is 4.72. The summed E-state index contributed by atoms with van der Waals surface area (Å²) in [6.07, 6.45) is 4.23. The van der Waals surface area contributed by atoms with Crippen molar-refractivity contribution in [3.63, 3.8) is 0 Å². The molecule has 0 bridgehead atoms. The summed E-state index contributed by atoms with van der Waals surface area (Å²) in [5, 5.41) is 0. The van der Waals surface area contributed by atoms with Crippen LogP contribution in [0.4, 0.5) is 5.69 Å². The van der Waals surface area contributed by atoms with E-state index >= 15 is 0 Å². The molecule has 2 amide bonds. The van der Waals surface area contributed by atoms with Gasteiger partial charge in [-0.05, 0) is 42.9 Å². The third-order valence-electron chi connectivity index (χ3n) is 4.91. The Morgan fingerprint density at radius 1 is 1.05 bits per heavy atom. The molecule has 1 unspecified atom stereocenters. The van der Waals surface area contributed by atoms with Crippen molar-refractivity contribution in [1.29, 1.82) is 0 Å². The molecule has 21 heavy (non-hydrogen) atoms. The van der Waals surface area contributed by atoms with Gasteiger partial charge in [-0.25, -0.2) is 0 Å². The standard InChI is InChI=1S/C17H17NO3/c19-16-14-8-11-6-7-21-10-12(11)9-15(14)17(20)18(16)13-4-2-1-3-5-13/h1-5,10-11,14-15H,6-9H2/t11?,14-,15+/m1/s1. The van der Waals surface area contributed by atoms with Crippen molar-refractivity contribution in [2.75, 3.05) is 11.5 Å². The van der Waals surface area contributed by atoms with E-state index in [-0.39, 0.29) is 23.7 Å². The molecule has 3 aliphatic rings. The Balaban J connectivity index is 1.67. The van der Waals surface area contributed by atoms with E-state index in [2.05, 4.69) is 0 Å². The number of para-hydroxylation sites is 1. The van der Waals surface area contributed by atoms with Crippen molar-refractivity contribution < 1.29 is 14.3 Å². The van der Waals surface area contributed by atoms with E-state index in [1.54, 1.807) is 0 Å². The third kappa shape index (κ3) is 1.89. The van der Waals surface area contributed by atoms with Gasteiger partial charge >= 0.3 is 0 Å². The van der Waals surface area contributed by atoms with Gasteiger partial charge in [-0.15, -0.1) is 0 Å². The molecule has 2 heterocycles. The molecule has 2 fully saturated rings. The quantitative estimate of drug-likeness (QED) is 0.744. The summed E-state index contributed by atoms with van der Waals surface area (Å²) in [5.41, 5.74) is 1.90. The lowest BCUT2D eigenvalue weighted by molar-refractivity contribution is -0.122. The van der Waals surface area contributed by atoms with Crippen LogP contribution in [-0.2, 0) is 14.3 Å². The number of carbonyl (C=O) groups is 2. The molecular formula is C17H17NO3. The molecule has 0 spiro atoms. The van der Waals surface area contributed by atoms with Crippen molar-refractivity contribution in [1.82, 2.24) is 0 Å². The molecule has 4 rings (SSSR count). The second-order valence-electron chi connectivity index (χ2n) is 6.05. The van der Waals surface area contributed by atoms with E-state index in [4.69, 9.17) is 4.74 Å². The van der Waals surface area contributed by atoms with Gasteiger partial charge in [0, 0.05) is 0 Å². The van der Waals surface area contributed by atoms with Gasteiger partial charge in [-0.2, -0.15) is 0 Å². The van der Waals surface area contributed by atoms with Gasteiger partial charge in [0.1, 0.15) is 0 Å². The molecular weight excluding hydrogens is 266 g/mol. The molecule has 0 aromatic heterocycles. The Labute approximate surface area is 123 Å². The highest BCUT2D eigenvalue weighted by atomic mass is 16.5. The lowest BCUT2D eigenvalue weighted by Gasteiger charge is -2.33. The second-order valence-corrected chi connectivity index (χ2v) is 6.05. The largest absolute Gasteiger partial charge is 0.501 e. The topological polar surface area (TPSA) is 46.6 Å². The first-order valence-corrected chi connectivity index (χ1v) is 7.49. The zero-order valence-electron chi connectivity index (χ0n) is 11.7. The minimum Gasteiger partial charge on any atom is -0.501 e. The van der Waals surface area contributed by atoms with Crippen molar-refractivity contribution in [3.05, 3.63) is 42.2 Å². The Morgan fingerprint density at radius 3 is 2.62 bits per heavy atom. The first-order valence-electron chi connectivity index (χ1n) is 7.49. The number of nitrogens with zero attached hydrogens (tertiary/aromatic N) is 1. The van der Waals surface area contributed by atoms with Gasteiger partial charge in [-0.1, -0.05) is 18.2 Å². The van der Waals surface area contributed by atoms with Crippen LogP contribution in [0.5, 0.6) is 0 Å². The van der Waals surface area contributed by atoms with Gasteiger partial charge in [0.25, 0.3) is 0 Å². The van der Waals surface area contributed by atoms with Gasteiger partial charge in [0.05, 0.1) is 30.4 Å². The minimum absolute atomic E-state index is 0.0262. The highest BCUT2D eigenvalue weighted by molar-refractivity contribution is 6.22. The number of hydrogen-bond acceptors (Lipinski definition) is 3. The van der Waals surface area contributed by atoms with Crippen LogP contribution in [0.15, 0.2) is 42.2 Å². The number of hydrogen-bond donors (Lipinski definition) is 0. The Kier molecular flexibility index (Phi) is 2.84. The molecule has 1 saturated heterocycles. The number of imide groups is 1. The highest BCUT2D eigenvalue weighted by Crippen LogP contribution is 2.46. The summed E-state index contributed by atoms with van der Waals surface area (Å²) in [6.45, 7) is 0.718. The monoisotopic (exact) mass is 283 g/mol. The van der Waals surface area contributed by atoms with Gasteiger partial charge in [-0.3, -0.25) is 14.5 Å². The minimum atomic E-state index is -0.207. The summed E-state index contributed by atoms with van der Waals surface area (Å²) in [7, 11) is 0. The molecule has 1 aliphatic carbocycles. The van der Waals surface area contributed by atoms with Crippen LogP contribution in [0.3, 0.4) is 0 Å². The molecule has 108 valence electrons. The number of fused-ring (bicyclic) bond motifs is 2. The van der Waals surface area contributed by atoms with E-state index < -0.39 is 0 Å². The van der Waals surface area contributed by atoms with Crippen LogP contribution in [-0.4, -0.2) is 18.4 Å². The van der Waals surface area contributed by atoms with E-state index in [1.807, 2.05) is 36.6 Å². The summed E-state index contributed by atoms with van der Waals surface area (Å²) < 4.78 is 5.39. The SMILES string of the molecule is O=C1[C@H]2CC3=COCCC3C[C@H]2C(=O)N1c1ccccc1. The van der Waals surface area contributed by atoms with E-state index in [0.717, 1.165) is 19.4 Å². The van der Waals surface area contributed by atoms with Crippen LogP contribution < -0.4 is 4.90 Å². The Morgan fingerprint density at radius 2 is 1.81 bits per heavy atom. The first-order chi connectivity index (χ1) is 10.3. The van der Waals surface area contributed by atoms with Crippen LogP contribution in [0.2, 0.25) is 0 Å². The maximum atomic E-state index is 12.7. The Hall–Kier alpha value is -2.10. The molecule has 4 nitrogen and oxygen atoms in total. The zero-order valence-corrected chi connectivity index (χ0v) is 11.7. The fraction of sp³-hybridized carbons (Fsp3) is 0.412. The predicted octanol–water partition coefficient (Wildman–Crippen LogP) is 2.51. The maximum Gasteiger partial charge on any atom is 0.238 e. The average molecular weight is 283 g/mol. The lowest BCUT2D eigenvalue weighted by Crippen LogP contribution is -2.31. The third-order valence-corrected chi connectivity index (χ3v) is 4.91. The molecule has 0 radical (unpaired) electrons. The van der Waals surface area contributed by atoms with Crippen LogP contribution in [0, 0.1) is 17.8 Å². The maximum absolute atomic E-state index is 12.7. The van der Waals surface area contributed by atoms with E-state index in [9.17, 15) is 9.59 Å². The smallest absolute Gasteiger partial charge is 0.238 e. The van der Waals surface area contributed by atoms with E-state index in [0.29, 0.717) is 18.0 Å². The summed E-state index contributed by atoms with van der Waals surface area (Å²) in [5.74, 6) is -0.0322. The van der Waals surface area contributed by atoms with Crippen molar-refractivity contribution in [2.45, 2.75) is 19.3 Å². The molecule has 4 heteroatoms. The molecule has 0 N–H and O–H groups in total. The summed E-state index contributed by atoms with van der Waals surface area (Å²) in [4.78, 5) is 26.7. The molecule has 2 aliphatic heterocycles. The number of anilines is 1. The summed E-state index contributed by atoms with van der Waals surface area (Å²) in [6, 6.07) is 9.24. The van der Waals surface area contributed by atoms with Crippen LogP contribution in [0.1, 0.15) is 19.3 Å². The number of amides is 2. The number of carbonyl (C=O) groups excluding carboxylic acids is 2. The van der Waals surface area contributed by atoms with Crippen LogP contribution in [0.25, 0.3) is 0 Å². The average Bonchev–Trinajstić information content (AvgIpc) is 2.77. The Bertz CT molecular complexity index is 622. The fourth-order valence-electron chi connectivity index (χ4n) is 3.81. The number of ether oxygens (including phenoxy) is 1. The normalized spacial score (nSPS) is 31.3. The van der Waals surface area contributed by atoms with Crippen molar-refractivity contribution in [2.24, 2.45) is 17.8 Å². The van der Waals surface area contributed by atoms with E-state index in [1.165, 1.54) is 10.5 Å². The zero-order chi connectivity index (χ0) is 14.4. The molecule has 1 saturated carbocycles. The summed E-state index contributed by atoms with van der Waals surface area (Å²) >= 11 is 0. The number of benzene rings is 1. The molecule has 1 aromatic rings. The van der Waals surface area contributed by atoms with Crippen LogP contribution >= 0.6 is 0 Å².